The molecule has 0 radical (unpaired) electrons. The number of imide groups is 1. The highest BCUT2D eigenvalue weighted by Crippen LogP contribution is 2.45. The lowest BCUT2D eigenvalue weighted by Crippen LogP contribution is -2.78. The van der Waals surface area contributed by atoms with Crippen molar-refractivity contribution in [2.75, 3.05) is 45.2 Å². The van der Waals surface area contributed by atoms with Gasteiger partial charge in [-0.3, -0.25) is 19.8 Å². The molecule has 3 saturated heterocycles. The molecule has 6 rings (SSSR count). The summed E-state index contributed by atoms with van der Waals surface area (Å²) in [6, 6.07) is 1.21. The monoisotopic (exact) mass is 685 g/mol. The second-order valence-electron chi connectivity index (χ2n) is 11.4. The van der Waals surface area contributed by atoms with Crippen LogP contribution in [0.4, 0.5) is 15.3 Å². The molecular formula is C26H30Cl3N9O7. The first-order chi connectivity index (χ1) is 21.1. The molecule has 1 aromatic carbocycles. The number of aliphatic hydroxyl groups is 2. The number of nitrogens with zero attached hydrogens (tertiary/aromatic N) is 4. The summed E-state index contributed by atoms with van der Waals surface area (Å²) in [5.74, 6) is -3.89. The molecule has 19 heteroatoms. The average Bonchev–Trinajstić information content (AvgIpc) is 3.69. The lowest BCUT2D eigenvalue weighted by atomic mass is 9.85. The van der Waals surface area contributed by atoms with E-state index < -0.39 is 63.9 Å². The highest BCUT2D eigenvalue weighted by Gasteiger charge is 2.74. The summed E-state index contributed by atoms with van der Waals surface area (Å²) in [6.07, 6.45) is -0.357. The Morgan fingerprint density at radius 3 is 2.71 bits per heavy atom. The Hall–Kier alpha value is -3.70. The number of likely N-dealkylation sites (N-methyl/N-ethyl adjacent to an activating group) is 1. The number of rotatable bonds is 5. The maximum Gasteiger partial charge on any atom is 0.414 e. The topological polar surface area (TPSA) is 200 Å². The van der Waals surface area contributed by atoms with E-state index >= 15 is 0 Å². The van der Waals surface area contributed by atoms with Crippen LogP contribution in [0.2, 0.25) is 0 Å². The second kappa shape index (κ2) is 11.0. The number of ether oxygens (including phenoxy) is 1. The predicted octanol–water partition coefficient (Wildman–Crippen LogP) is -0.793. The van der Waals surface area contributed by atoms with Crippen LogP contribution in [-0.4, -0.2) is 128 Å². The fourth-order valence-electron chi connectivity index (χ4n) is 6.51. The third-order valence-corrected chi connectivity index (χ3v) is 8.79. The molecule has 16 nitrogen and oxygen atoms in total. The average molecular weight is 687 g/mol. The lowest BCUT2D eigenvalue weighted by molar-refractivity contribution is -0.231. The van der Waals surface area contributed by atoms with Gasteiger partial charge in [0.1, 0.15) is 19.2 Å². The number of hydrogen-bond donors (Lipinski definition) is 7. The summed E-state index contributed by atoms with van der Waals surface area (Å²) in [5.41, 5.74) is -0.00495. The van der Waals surface area contributed by atoms with Crippen molar-refractivity contribution >= 4 is 70.4 Å². The van der Waals surface area contributed by atoms with Crippen molar-refractivity contribution in [2.24, 2.45) is 4.99 Å². The van der Waals surface area contributed by atoms with E-state index in [-0.39, 0.29) is 31.4 Å². The predicted molar refractivity (Wildman–Crippen MR) is 161 cm³/mol. The van der Waals surface area contributed by atoms with E-state index in [1.165, 1.54) is 16.8 Å². The Labute approximate surface area is 271 Å². The Balaban J connectivity index is 1.36. The van der Waals surface area contributed by atoms with Gasteiger partial charge in [0.2, 0.25) is 21.4 Å². The number of amides is 5. The van der Waals surface area contributed by atoms with E-state index in [0.29, 0.717) is 17.8 Å². The van der Waals surface area contributed by atoms with Crippen LogP contribution in [0.3, 0.4) is 0 Å². The van der Waals surface area contributed by atoms with Gasteiger partial charge in [0.25, 0.3) is 5.91 Å². The quantitative estimate of drug-likeness (QED) is 0.116. The molecular weight excluding hydrogens is 657 g/mol. The van der Waals surface area contributed by atoms with Crippen molar-refractivity contribution in [1.29, 1.82) is 0 Å². The van der Waals surface area contributed by atoms with E-state index in [1.807, 2.05) is 6.07 Å². The molecule has 4 atom stereocenters. The SMILES string of the molecule is C=C1N[C@H]2[C@H](CN3C(=O)CN(C)C3=O)N=C(NC(=O)OCC(Cl)(Cl)Cl)N3CC(NC(=O)c4cccc5c4NCC5)C(O)(O)[C@]23N1. The van der Waals surface area contributed by atoms with Gasteiger partial charge in [-0.15, -0.1) is 0 Å². The van der Waals surface area contributed by atoms with Gasteiger partial charge < -0.3 is 46.0 Å². The third-order valence-electron chi connectivity index (χ3n) is 8.47. The van der Waals surface area contributed by atoms with Gasteiger partial charge in [0.15, 0.2) is 5.66 Å². The first-order valence-corrected chi connectivity index (χ1v) is 15.0. The smallest absolute Gasteiger partial charge is 0.414 e. The van der Waals surface area contributed by atoms with E-state index in [4.69, 9.17) is 39.5 Å². The summed E-state index contributed by atoms with van der Waals surface area (Å²) in [4.78, 5) is 60.0. The number of anilines is 1. The summed E-state index contributed by atoms with van der Waals surface area (Å²) < 4.78 is 3.10. The molecule has 7 N–H and O–H groups in total. The number of hydrogen-bond acceptors (Lipinski definition) is 12. The van der Waals surface area contributed by atoms with Crippen LogP contribution >= 0.6 is 34.8 Å². The molecule has 1 spiro atoms. The van der Waals surface area contributed by atoms with Gasteiger partial charge in [-0.2, -0.15) is 0 Å². The zero-order valence-corrected chi connectivity index (χ0v) is 26.0. The molecule has 0 saturated carbocycles. The minimum absolute atomic E-state index is 0.153. The number of benzene rings is 1. The number of para-hydroxylation sites is 1. The van der Waals surface area contributed by atoms with Crippen molar-refractivity contribution in [3.8, 4) is 0 Å². The fraction of sp³-hybridized carbons (Fsp3) is 0.500. The fourth-order valence-corrected chi connectivity index (χ4v) is 6.67. The zero-order valence-electron chi connectivity index (χ0n) is 23.8. The summed E-state index contributed by atoms with van der Waals surface area (Å²) in [5, 5.41) is 38.2. The zero-order chi connectivity index (χ0) is 32.5. The summed E-state index contributed by atoms with van der Waals surface area (Å²) >= 11 is 17.2. The molecule has 5 amide bonds. The molecule has 45 heavy (non-hydrogen) atoms. The van der Waals surface area contributed by atoms with Crippen LogP contribution in [0, 0.1) is 0 Å². The Bertz CT molecular complexity index is 1520. The number of carbonyl (C=O) groups is 4. The molecule has 0 bridgehead atoms. The van der Waals surface area contributed by atoms with Crippen molar-refractivity contribution in [2.45, 2.75) is 39.8 Å². The van der Waals surface area contributed by atoms with E-state index in [2.05, 4.69) is 38.2 Å². The summed E-state index contributed by atoms with van der Waals surface area (Å²) in [6.45, 7) is 3.20. The number of guanidine groups is 1. The molecule has 242 valence electrons. The van der Waals surface area contributed by atoms with Crippen LogP contribution in [0.15, 0.2) is 35.6 Å². The van der Waals surface area contributed by atoms with Crippen molar-refractivity contribution in [3.05, 3.63) is 41.7 Å². The van der Waals surface area contributed by atoms with Crippen LogP contribution in [0.5, 0.6) is 0 Å². The van der Waals surface area contributed by atoms with Crippen molar-refractivity contribution in [1.82, 2.24) is 36.0 Å². The van der Waals surface area contributed by atoms with Crippen LogP contribution in [-0.2, 0) is 16.0 Å². The van der Waals surface area contributed by atoms with E-state index in [0.717, 1.165) is 16.9 Å². The lowest BCUT2D eigenvalue weighted by Gasteiger charge is -2.49. The molecule has 5 heterocycles. The number of alkyl carbamates (subject to hydrolysis) is 1. The number of urea groups is 1. The van der Waals surface area contributed by atoms with Crippen molar-refractivity contribution < 1.29 is 34.1 Å². The van der Waals surface area contributed by atoms with Gasteiger partial charge in [0, 0.05) is 20.1 Å². The van der Waals surface area contributed by atoms with Gasteiger partial charge in [-0.05, 0) is 18.1 Å². The largest absolute Gasteiger partial charge is 0.445 e. The Morgan fingerprint density at radius 1 is 1.27 bits per heavy atom. The third kappa shape index (κ3) is 5.23. The highest BCUT2D eigenvalue weighted by atomic mass is 35.6. The van der Waals surface area contributed by atoms with E-state index in [9.17, 15) is 29.4 Å². The maximum absolute atomic E-state index is 13.6. The highest BCUT2D eigenvalue weighted by molar-refractivity contribution is 6.67. The van der Waals surface area contributed by atoms with E-state index in [1.54, 1.807) is 12.1 Å². The standard InChI is InChI=1S/C26H30Cl3N9O7/c1-12-31-19-15(8-37-17(39)10-36(2)23(37)42)32-21(34-22(41)45-11-24(27,28)29)38-9-16(26(43,44)25(19,38)35-12)33-20(40)14-5-3-4-13-6-7-30-18(13)14/h3-5,15-16,19,30-31,35,43-44H,1,6-11H2,2H3,(H,33,40)(H,32,34,41)/t15-,16?,19-,25-/m0/s1. The molecule has 0 aromatic heterocycles. The minimum atomic E-state index is -2.76. The molecule has 3 fully saturated rings. The number of nitrogens with one attached hydrogen (secondary N) is 5. The number of fused-ring (bicyclic) bond motifs is 1. The normalized spacial score (nSPS) is 28.0. The van der Waals surface area contributed by atoms with Crippen molar-refractivity contribution in [3.63, 3.8) is 0 Å². The molecule has 5 aliphatic rings. The van der Waals surface area contributed by atoms with Gasteiger partial charge in [-0.1, -0.05) is 53.5 Å². The Kier molecular flexibility index (Phi) is 7.63. The van der Waals surface area contributed by atoms with Gasteiger partial charge in [0.05, 0.1) is 35.7 Å². The molecule has 1 aromatic rings. The number of alkyl halides is 3. The van der Waals surface area contributed by atoms with Crippen LogP contribution < -0.4 is 26.6 Å². The number of carbonyl (C=O) groups excluding carboxylic acids is 4. The molecule has 1 unspecified atom stereocenters. The molecule has 0 aliphatic carbocycles. The first kappa shape index (κ1) is 31.3. The first-order valence-electron chi connectivity index (χ1n) is 13.9. The van der Waals surface area contributed by atoms with Gasteiger partial charge >= 0.3 is 12.1 Å². The van der Waals surface area contributed by atoms with Crippen LogP contribution in [0.1, 0.15) is 15.9 Å². The van der Waals surface area contributed by atoms with Gasteiger partial charge in [-0.25, -0.2) is 14.6 Å². The maximum atomic E-state index is 13.6. The summed E-state index contributed by atoms with van der Waals surface area (Å²) in [7, 11) is 1.47. The Morgan fingerprint density at radius 2 is 2.02 bits per heavy atom. The minimum Gasteiger partial charge on any atom is -0.445 e. The number of aliphatic imine (C=N–C) groups is 1. The molecule has 5 aliphatic heterocycles. The van der Waals surface area contributed by atoms with Crippen LogP contribution in [0.25, 0.3) is 0 Å². The number of halogens is 3. The second-order valence-corrected chi connectivity index (χ2v) is 13.9.